The van der Waals surface area contributed by atoms with Crippen molar-refractivity contribution in [2.24, 2.45) is 5.10 Å². The number of hydrogen-bond donors (Lipinski definition) is 2. The Labute approximate surface area is 163 Å². The van der Waals surface area contributed by atoms with Gasteiger partial charge in [-0.25, -0.2) is 5.43 Å². The van der Waals surface area contributed by atoms with Crippen molar-refractivity contribution in [3.8, 4) is 0 Å². The van der Waals surface area contributed by atoms with Gasteiger partial charge in [0.05, 0.1) is 11.9 Å². The molecule has 0 aliphatic rings. The number of hydrogen-bond acceptors (Lipinski definition) is 4. The van der Waals surface area contributed by atoms with Crippen LogP contribution in [0.1, 0.15) is 37.7 Å². The third-order valence-electron chi connectivity index (χ3n) is 3.99. The molecule has 3 rings (SSSR count). The molecule has 0 aliphatic heterocycles. The average molecular weight is 372 g/mol. The van der Waals surface area contributed by atoms with E-state index in [2.05, 4.69) is 20.8 Å². The number of amides is 2. The van der Waals surface area contributed by atoms with Gasteiger partial charge >= 0.3 is 0 Å². The average Bonchev–Trinajstić information content (AvgIpc) is 2.69. The van der Waals surface area contributed by atoms with Gasteiger partial charge in [-0.05, 0) is 62.4 Å². The summed E-state index contributed by atoms with van der Waals surface area (Å²) in [6.45, 7) is 3.85. The molecule has 0 bridgehead atoms. The van der Waals surface area contributed by atoms with Crippen LogP contribution in [0.3, 0.4) is 0 Å². The largest absolute Gasteiger partial charge is 0.322 e. The van der Waals surface area contributed by atoms with Gasteiger partial charge in [0.15, 0.2) is 0 Å². The molecular weight excluding hydrogens is 352 g/mol. The zero-order valence-corrected chi connectivity index (χ0v) is 15.6. The van der Waals surface area contributed by atoms with E-state index in [1.807, 2.05) is 38.1 Å². The number of carbonyl (C=O) groups is 2. The highest BCUT2D eigenvalue weighted by atomic mass is 16.2. The molecule has 6 nitrogen and oxygen atoms in total. The van der Waals surface area contributed by atoms with Gasteiger partial charge in [0.2, 0.25) is 0 Å². The molecule has 2 aromatic carbocycles. The predicted octanol–water partition coefficient (Wildman–Crippen LogP) is 3.71. The van der Waals surface area contributed by atoms with Crippen molar-refractivity contribution in [2.75, 3.05) is 5.32 Å². The molecular formula is C22H20N4O2. The molecule has 1 aromatic heterocycles. The quantitative estimate of drug-likeness (QED) is 0.529. The van der Waals surface area contributed by atoms with Gasteiger partial charge in [-0.1, -0.05) is 23.8 Å². The van der Waals surface area contributed by atoms with Crippen LogP contribution in [-0.4, -0.2) is 23.0 Å². The molecule has 0 fully saturated rings. The topological polar surface area (TPSA) is 83.5 Å². The standard InChI is InChI=1S/C22H20N4O2/c1-15-6-8-17(9-7-15)21(27)25-19-12-10-18(11-13-19)22(28)26-23-14-20-5-3-4-16(2)24-20/h3-14H,1-2H3,(H,25,27)(H,26,28)/b23-14+. The number of benzene rings is 2. The van der Waals surface area contributed by atoms with Crippen LogP contribution in [0, 0.1) is 13.8 Å². The van der Waals surface area contributed by atoms with Crippen molar-refractivity contribution in [3.63, 3.8) is 0 Å². The Kier molecular flexibility index (Phi) is 5.91. The third-order valence-corrected chi connectivity index (χ3v) is 3.99. The molecule has 1 heterocycles. The maximum Gasteiger partial charge on any atom is 0.271 e. The first-order chi connectivity index (χ1) is 13.5. The van der Waals surface area contributed by atoms with Crippen LogP contribution < -0.4 is 10.7 Å². The Morgan fingerprint density at radius 1 is 0.857 bits per heavy atom. The van der Waals surface area contributed by atoms with E-state index in [4.69, 9.17) is 0 Å². The highest BCUT2D eigenvalue weighted by molar-refractivity contribution is 6.04. The minimum atomic E-state index is -0.347. The lowest BCUT2D eigenvalue weighted by molar-refractivity contribution is 0.0954. The van der Waals surface area contributed by atoms with E-state index in [9.17, 15) is 9.59 Å². The zero-order chi connectivity index (χ0) is 19.9. The van der Waals surface area contributed by atoms with Crippen molar-refractivity contribution in [1.82, 2.24) is 10.4 Å². The second-order valence-corrected chi connectivity index (χ2v) is 6.30. The molecule has 0 saturated carbocycles. The molecule has 3 aromatic rings. The van der Waals surface area contributed by atoms with E-state index >= 15 is 0 Å². The van der Waals surface area contributed by atoms with E-state index in [0.717, 1.165) is 11.3 Å². The number of anilines is 1. The number of nitrogens with zero attached hydrogens (tertiary/aromatic N) is 2. The lowest BCUT2D eigenvalue weighted by Crippen LogP contribution is -2.18. The van der Waals surface area contributed by atoms with E-state index in [1.165, 1.54) is 6.21 Å². The first-order valence-electron chi connectivity index (χ1n) is 8.76. The van der Waals surface area contributed by atoms with Gasteiger partial charge in [-0.3, -0.25) is 14.6 Å². The fourth-order valence-electron chi connectivity index (χ4n) is 2.47. The van der Waals surface area contributed by atoms with Gasteiger partial charge in [-0.15, -0.1) is 0 Å². The summed E-state index contributed by atoms with van der Waals surface area (Å²) < 4.78 is 0. The van der Waals surface area contributed by atoms with Gasteiger partial charge < -0.3 is 5.32 Å². The summed E-state index contributed by atoms with van der Waals surface area (Å²) in [4.78, 5) is 28.7. The van der Waals surface area contributed by atoms with Crippen molar-refractivity contribution in [2.45, 2.75) is 13.8 Å². The van der Waals surface area contributed by atoms with E-state index in [0.29, 0.717) is 22.5 Å². The fraction of sp³-hybridized carbons (Fsp3) is 0.0909. The number of aryl methyl sites for hydroxylation is 2. The highest BCUT2D eigenvalue weighted by Gasteiger charge is 2.07. The van der Waals surface area contributed by atoms with Crippen LogP contribution in [0.25, 0.3) is 0 Å². The number of pyridine rings is 1. The molecule has 140 valence electrons. The first kappa shape index (κ1) is 19.0. The lowest BCUT2D eigenvalue weighted by atomic mass is 10.1. The molecule has 0 unspecified atom stereocenters. The minimum Gasteiger partial charge on any atom is -0.322 e. The summed E-state index contributed by atoms with van der Waals surface area (Å²) in [5, 5.41) is 6.73. The van der Waals surface area contributed by atoms with E-state index < -0.39 is 0 Å². The number of nitrogens with one attached hydrogen (secondary N) is 2. The predicted molar refractivity (Wildman–Crippen MR) is 110 cm³/mol. The molecule has 0 atom stereocenters. The van der Waals surface area contributed by atoms with Crippen molar-refractivity contribution < 1.29 is 9.59 Å². The minimum absolute atomic E-state index is 0.201. The summed E-state index contributed by atoms with van der Waals surface area (Å²) >= 11 is 0. The maximum absolute atomic E-state index is 12.2. The monoisotopic (exact) mass is 372 g/mol. The third kappa shape index (κ3) is 5.11. The number of aromatic nitrogens is 1. The Bertz CT molecular complexity index is 1010. The molecule has 0 saturated heterocycles. The smallest absolute Gasteiger partial charge is 0.271 e. The Morgan fingerprint density at radius 3 is 2.18 bits per heavy atom. The van der Waals surface area contributed by atoms with Gasteiger partial charge in [0.25, 0.3) is 11.8 Å². The summed E-state index contributed by atoms with van der Waals surface area (Å²) in [7, 11) is 0. The van der Waals surface area contributed by atoms with Gasteiger partial charge in [-0.2, -0.15) is 5.10 Å². The van der Waals surface area contributed by atoms with Crippen LogP contribution >= 0.6 is 0 Å². The van der Waals surface area contributed by atoms with Crippen molar-refractivity contribution in [1.29, 1.82) is 0 Å². The summed E-state index contributed by atoms with van der Waals surface area (Å²) in [6.07, 6.45) is 1.49. The molecule has 0 radical (unpaired) electrons. The highest BCUT2D eigenvalue weighted by Crippen LogP contribution is 2.12. The Balaban J connectivity index is 1.58. The van der Waals surface area contributed by atoms with Crippen LogP contribution in [-0.2, 0) is 0 Å². The van der Waals surface area contributed by atoms with Crippen molar-refractivity contribution >= 4 is 23.7 Å². The number of hydrazone groups is 1. The van der Waals surface area contributed by atoms with Gasteiger partial charge in [0.1, 0.15) is 0 Å². The molecule has 2 amide bonds. The van der Waals surface area contributed by atoms with E-state index in [1.54, 1.807) is 42.5 Å². The normalized spacial score (nSPS) is 10.6. The number of rotatable bonds is 5. The van der Waals surface area contributed by atoms with Gasteiger partial charge in [0, 0.05) is 22.5 Å². The van der Waals surface area contributed by atoms with Crippen LogP contribution in [0.4, 0.5) is 5.69 Å². The first-order valence-corrected chi connectivity index (χ1v) is 8.76. The second kappa shape index (κ2) is 8.73. The fourth-order valence-corrected chi connectivity index (χ4v) is 2.47. The molecule has 6 heteroatoms. The Hall–Kier alpha value is -3.80. The maximum atomic E-state index is 12.2. The lowest BCUT2D eigenvalue weighted by Gasteiger charge is -2.06. The summed E-state index contributed by atoms with van der Waals surface area (Å²) in [6, 6.07) is 19.5. The molecule has 0 spiro atoms. The SMILES string of the molecule is Cc1ccc(C(=O)Nc2ccc(C(=O)N/N=C/c3cccc(C)n3)cc2)cc1. The van der Waals surface area contributed by atoms with Crippen molar-refractivity contribution in [3.05, 3.63) is 94.8 Å². The summed E-state index contributed by atoms with van der Waals surface area (Å²) in [5.74, 6) is -0.548. The summed E-state index contributed by atoms with van der Waals surface area (Å²) in [5.41, 5.74) is 6.70. The van der Waals surface area contributed by atoms with Crippen LogP contribution in [0.15, 0.2) is 71.8 Å². The number of carbonyl (C=O) groups excluding carboxylic acids is 2. The van der Waals surface area contributed by atoms with Crippen LogP contribution in [0.5, 0.6) is 0 Å². The van der Waals surface area contributed by atoms with Crippen LogP contribution in [0.2, 0.25) is 0 Å². The molecule has 28 heavy (non-hydrogen) atoms. The molecule has 0 aliphatic carbocycles. The zero-order valence-electron chi connectivity index (χ0n) is 15.6. The molecule has 2 N–H and O–H groups in total. The second-order valence-electron chi connectivity index (χ2n) is 6.30. The Morgan fingerprint density at radius 2 is 1.50 bits per heavy atom. The van der Waals surface area contributed by atoms with E-state index in [-0.39, 0.29) is 11.8 Å².